The van der Waals surface area contributed by atoms with Gasteiger partial charge in [-0.3, -0.25) is 4.79 Å². The van der Waals surface area contributed by atoms with Crippen LogP contribution < -0.4 is 10.9 Å². The molecule has 106 valence electrons. The Morgan fingerprint density at radius 1 is 1.40 bits per heavy atom. The summed E-state index contributed by atoms with van der Waals surface area (Å²) in [5.74, 6) is 0.721. The molecule has 1 aromatic heterocycles. The van der Waals surface area contributed by atoms with Gasteiger partial charge in [-0.05, 0) is 36.8 Å². The first-order valence-corrected chi connectivity index (χ1v) is 7.25. The minimum Gasteiger partial charge on any atom is -0.309 e. The first kappa shape index (κ1) is 13.3. The molecule has 1 atom stereocenters. The van der Waals surface area contributed by atoms with E-state index in [1.165, 1.54) is 19.3 Å². The number of aromatic nitrogens is 2. The highest BCUT2D eigenvalue weighted by atomic mass is 16.1. The highest BCUT2D eigenvalue weighted by Crippen LogP contribution is 2.36. The van der Waals surface area contributed by atoms with Gasteiger partial charge in [-0.1, -0.05) is 26.0 Å². The zero-order chi connectivity index (χ0) is 14.2. The van der Waals surface area contributed by atoms with Crippen LogP contribution in [0.2, 0.25) is 0 Å². The number of aromatic amines is 1. The van der Waals surface area contributed by atoms with Crippen LogP contribution in [-0.2, 0) is 6.54 Å². The fourth-order valence-corrected chi connectivity index (χ4v) is 3.07. The number of benzene rings is 1. The van der Waals surface area contributed by atoms with Crippen LogP contribution in [0.1, 0.15) is 38.9 Å². The van der Waals surface area contributed by atoms with Crippen molar-refractivity contribution >= 4 is 10.9 Å². The molecule has 0 saturated heterocycles. The summed E-state index contributed by atoms with van der Waals surface area (Å²) in [6, 6.07) is 7.98. The van der Waals surface area contributed by atoms with Gasteiger partial charge in [0.1, 0.15) is 5.82 Å². The van der Waals surface area contributed by atoms with E-state index in [0.717, 1.165) is 11.3 Å². The average molecular weight is 271 g/mol. The Kier molecular flexibility index (Phi) is 3.34. The van der Waals surface area contributed by atoms with Gasteiger partial charge in [0.25, 0.3) is 5.56 Å². The molecule has 1 aliphatic carbocycles. The SMILES string of the molecule is CC1(C)CCC(NCc2nc3ccccc3c(=O)[nH]2)C1. The van der Waals surface area contributed by atoms with Crippen molar-refractivity contribution in [2.45, 2.75) is 45.7 Å². The van der Waals surface area contributed by atoms with Gasteiger partial charge in [-0.25, -0.2) is 4.98 Å². The molecule has 0 spiro atoms. The van der Waals surface area contributed by atoms with Crippen molar-refractivity contribution in [1.29, 1.82) is 0 Å². The lowest BCUT2D eigenvalue weighted by atomic mass is 9.92. The van der Waals surface area contributed by atoms with Crippen LogP contribution in [0.3, 0.4) is 0 Å². The molecule has 1 fully saturated rings. The van der Waals surface area contributed by atoms with E-state index >= 15 is 0 Å². The molecule has 1 heterocycles. The monoisotopic (exact) mass is 271 g/mol. The van der Waals surface area contributed by atoms with Crippen LogP contribution >= 0.6 is 0 Å². The quantitative estimate of drug-likeness (QED) is 0.902. The number of nitrogens with one attached hydrogen (secondary N) is 2. The molecule has 20 heavy (non-hydrogen) atoms. The molecule has 1 unspecified atom stereocenters. The van der Waals surface area contributed by atoms with Crippen molar-refractivity contribution in [2.75, 3.05) is 0 Å². The van der Waals surface area contributed by atoms with Crippen molar-refractivity contribution in [3.8, 4) is 0 Å². The predicted octanol–water partition coefficient (Wildman–Crippen LogP) is 2.59. The van der Waals surface area contributed by atoms with E-state index in [4.69, 9.17) is 0 Å². The molecule has 4 heteroatoms. The minimum atomic E-state index is -0.0563. The largest absolute Gasteiger partial charge is 0.309 e. The maximum absolute atomic E-state index is 12.0. The van der Waals surface area contributed by atoms with Crippen LogP contribution in [0.25, 0.3) is 10.9 Å². The number of hydrogen-bond donors (Lipinski definition) is 2. The van der Waals surface area contributed by atoms with Crippen LogP contribution in [0.15, 0.2) is 29.1 Å². The van der Waals surface area contributed by atoms with Gasteiger partial charge in [0, 0.05) is 6.04 Å². The van der Waals surface area contributed by atoms with Gasteiger partial charge >= 0.3 is 0 Å². The molecule has 0 radical (unpaired) electrons. The fourth-order valence-electron chi connectivity index (χ4n) is 3.07. The zero-order valence-electron chi connectivity index (χ0n) is 12.1. The van der Waals surface area contributed by atoms with Gasteiger partial charge < -0.3 is 10.3 Å². The second-order valence-electron chi connectivity index (χ2n) is 6.51. The van der Waals surface area contributed by atoms with E-state index in [0.29, 0.717) is 23.4 Å². The molecule has 0 bridgehead atoms. The lowest BCUT2D eigenvalue weighted by Crippen LogP contribution is -2.28. The smallest absolute Gasteiger partial charge is 0.258 e. The molecule has 1 saturated carbocycles. The van der Waals surface area contributed by atoms with Crippen LogP contribution in [0.4, 0.5) is 0 Å². The number of H-pyrrole nitrogens is 1. The third-order valence-corrected chi connectivity index (χ3v) is 4.19. The number of para-hydroxylation sites is 1. The highest BCUT2D eigenvalue weighted by Gasteiger charge is 2.30. The van der Waals surface area contributed by atoms with Gasteiger partial charge in [0.2, 0.25) is 0 Å². The summed E-state index contributed by atoms with van der Waals surface area (Å²) < 4.78 is 0. The standard InChI is InChI=1S/C16H21N3O/c1-16(2)8-7-11(9-16)17-10-14-18-13-6-4-3-5-12(13)15(20)19-14/h3-6,11,17H,7-10H2,1-2H3,(H,18,19,20). The Morgan fingerprint density at radius 2 is 2.20 bits per heavy atom. The Morgan fingerprint density at radius 3 is 2.95 bits per heavy atom. The average Bonchev–Trinajstić information content (AvgIpc) is 2.76. The molecular formula is C16H21N3O. The highest BCUT2D eigenvalue weighted by molar-refractivity contribution is 5.77. The molecule has 2 N–H and O–H groups in total. The van der Waals surface area contributed by atoms with Crippen molar-refractivity contribution in [1.82, 2.24) is 15.3 Å². The number of hydrogen-bond acceptors (Lipinski definition) is 3. The zero-order valence-corrected chi connectivity index (χ0v) is 12.1. The third kappa shape index (κ3) is 2.75. The van der Waals surface area contributed by atoms with Crippen molar-refractivity contribution < 1.29 is 0 Å². The second-order valence-corrected chi connectivity index (χ2v) is 6.51. The maximum Gasteiger partial charge on any atom is 0.258 e. The predicted molar refractivity (Wildman–Crippen MR) is 80.6 cm³/mol. The third-order valence-electron chi connectivity index (χ3n) is 4.19. The minimum absolute atomic E-state index is 0.0563. The summed E-state index contributed by atoms with van der Waals surface area (Å²) in [6.07, 6.45) is 3.64. The van der Waals surface area contributed by atoms with Crippen LogP contribution in [0.5, 0.6) is 0 Å². The van der Waals surface area contributed by atoms with E-state index in [2.05, 4.69) is 29.1 Å². The van der Waals surface area contributed by atoms with Crippen LogP contribution in [-0.4, -0.2) is 16.0 Å². The fraction of sp³-hybridized carbons (Fsp3) is 0.500. The van der Waals surface area contributed by atoms with E-state index in [9.17, 15) is 4.79 Å². The van der Waals surface area contributed by atoms with Crippen molar-refractivity contribution in [3.05, 3.63) is 40.4 Å². The first-order chi connectivity index (χ1) is 9.53. The van der Waals surface area contributed by atoms with Gasteiger partial charge in [-0.15, -0.1) is 0 Å². The molecule has 0 amide bonds. The maximum atomic E-state index is 12.0. The normalized spacial score (nSPS) is 21.4. The molecule has 0 aliphatic heterocycles. The molecular weight excluding hydrogens is 250 g/mol. The first-order valence-electron chi connectivity index (χ1n) is 7.25. The summed E-state index contributed by atoms with van der Waals surface area (Å²) in [4.78, 5) is 19.4. The molecule has 1 aliphatic rings. The number of rotatable bonds is 3. The molecule has 2 aromatic rings. The second kappa shape index (κ2) is 5.02. The lowest BCUT2D eigenvalue weighted by Gasteiger charge is -2.17. The lowest BCUT2D eigenvalue weighted by molar-refractivity contribution is 0.363. The van der Waals surface area contributed by atoms with Crippen LogP contribution in [0, 0.1) is 5.41 Å². The number of fused-ring (bicyclic) bond motifs is 1. The van der Waals surface area contributed by atoms with E-state index in [-0.39, 0.29) is 5.56 Å². The summed E-state index contributed by atoms with van der Waals surface area (Å²) in [5.41, 5.74) is 1.14. The Bertz CT molecular complexity index is 675. The van der Waals surface area contributed by atoms with Gasteiger partial charge in [0.05, 0.1) is 17.4 Å². The van der Waals surface area contributed by atoms with Gasteiger partial charge in [0.15, 0.2) is 0 Å². The Hall–Kier alpha value is -1.68. The molecule has 1 aromatic carbocycles. The molecule has 3 rings (SSSR count). The topological polar surface area (TPSA) is 57.8 Å². The van der Waals surface area contributed by atoms with Gasteiger partial charge in [-0.2, -0.15) is 0 Å². The van der Waals surface area contributed by atoms with E-state index in [1.807, 2.05) is 18.2 Å². The summed E-state index contributed by atoms with van der Waals surface area (Å²) in [5, 5.41) is 4.16. The Balaban J connectivity index is 1.74. The van der Waals surface area contributed by atoms with Crippen molar-refractivity contribution in [3.63, 3.8) is 0 Å². The van der Waals surface area contributed by atoms with E-state index in [1.54, 1.807) is 6.07 Å². The molecule has 4 nitrogen and oxygen atoms in total. The summed E-state index contributed by atoms with van der Waals surface area (Å²) in [6.45, 7) is 5.25. The summed E-state index contributed by atoms with van der Waals surface area (Å²) in [7, 11) is 0. The number of nitrogens with zero attached hydrogens (tertiary/aromatic N) is 1. The van der Waals surface area contributed by atoms with E-state index < -0.39 is 0 Å². The van der Waals surface area contributed by atoms with Crippen molar-refractivity contribution in [2.24, 2.45) is 5.41 Å². The Labute approximate surface area is 118 Å². The summed E-state index contributed by atoms with van der Waals surface area (Å²) >= 11 is 0.